The van der Waals surface area contributed by atoms with Crippen LogP contribution in [0.15, 0.2) is 113 Å². The van der Waals surface area contributed by atoms with Crippen molar-refractivity contribution in [2.45, 2.75) is 23.8 Å². The molecule has 38 heavy (non-hydrogen) atoms. The Hall–Kier alpha value is -4.55. The monoisotopic (exact) mass is 512 g/mol. The van der Waals surface area contributed by atoms with Crippen molar-refractivity contribution < 1.29 is 5.11 Å². The van der Waals surface area contributed by atoms with Crippen LogP contribution in [0.1, 0.15) is 11.1 Å². The zero-order chi connectivity index (χ0) is 26.1. The third-order valence-corrected chi connectivity index (χ3v) is 7.31. The average Bonchev–Trinajstić information content (AvgIpc) is 2.95. The molecule has 0 radical (unpaired) electrons. The lowest BCUT2D eigenvalue weighted by molar-refractivity contribution is 0.472. The maximum absolute atomic E-state index is 10.9. The van der Waals surface area contributed by atoms with E-state index in [-0.39, 0.29) is 5.75 Å². The maximum Gasteiger partial charge on any atom is 0.167 e. The maximum atomic E-state index is 10.9. The number of benzene rings is 4. The lowest BCUT2D eigenvalue weighted by Crippen LogP contribution is -2.01. The number of hydrogen-bond donors (Lipinski definition) is 1. The Morgan fingerprint density at radius 1 is 0.658 bits per heavy atom. The number of phenolic OH excluding ortho intramolecular Hbond substituents is 1. The Balaban J connectivity index is 1.47. The lowest BCUT2D eigenvalue weighted by atomic mass is 10.0. The number of aromatic nitrogens is 4. The number of hydrogen-bond acceptors (Lipinski definition) is 6. The largest absolute Gasteiger partial charge is 0.507 e. The van der Waals surface area contributed by atoms with E-state index in [0.717, 1.165) is 42.9 Å². The van der Waals surface area contributed by atoms with Crippen LogP contribution in [0.3, 0.4) is 0 Å². The van der Waals surface area contributed by atoms with Crippen molar-refractivity contribution in [3.05, 3.63) is 114 Å². The van der Waals surface area contributed by atoms with Crippen LogP contribution in [0.25, 0.3) is 44.9 Å². The third-order valence-electron chi connectivity index (χ3n) is 6.30. The number of phenols is 1. The summed E-state index contributed by atoms with van der Waals surface area (Å²) in [7, 11) is 0. The fourth-order valence-electron chi connectivity index (χ4n) is 4.46. The van der Waals surface area contributed by atoms with Gasteiger partial charge < -0.3 is 5.11 Å². The van der Waals surface area contributed by atoms with E-state index in [4.69, 9.17) is 15.0 Å². The van der Waals surface area contributed by atoms with Gasteiger partial charge in [-0.25, -0.2) is 19.9 Å². The van der Waals surface area contributed by atoms with Crippen molar-refractivity contribution in [2.24, 2.45) is 0 Å². The molecule has 4 aromatic carbocycles. The third kappa shape index (κ3) is 4.74. The highest BCUT2D eigenvalue weighted by Crippen LogP contribution is 2.35. The van der Waals surface area contributed by atoms with E-state index in [1.165, 1.54) is 0 Å². The Kier molecular flexibility index (Phi) is 6.32. The predicted molar refractivity (Wildman–Crippen MR) is 153 cm³/mol. The topological polar surface area (TPSA) is 71.8 Å². The molecule has 0 bridgehead atoms. The van der Waals surface area contributed by atoms with Gasteiger partial charge in [-0.3, -0.25) is 0 Å². The van der Waals surface area contributed by atoms with Crippen LogP contribution in [0.2, 0.25) is 0 Å². The molecule has 0 atom stereocenters. The van der Waals surface area contributed by atoms with E-state index in [9.17, 15) is 5.11 Å². The first-order valence-corrected chi connectivity index (χ1v) is 13.1. The van der Waals surface area contributed by atoms with Gasteiger partial charge in [0.1, 0.15) is 10.8 Å². The number of rotatable bonds is 5. The summed E-state index contributed by atoms with van der Waals surface area (Å²) in [6.07, 6.45) is 1.84. The van der Waals surface area contributed by atoms with Crippen LogP contribution >= 0.6 is 11.8 Å². The second kappa shape index (κ2) is 10.1. The van der Waals surface area contributed by atoms with Crippen LogP contribution in [0.5, 0.6) is 5.75 Å². The second-order valence-corrected chi connectivity index (χ2v) is 10.2. The molecule has 6 aromatic rings. The van der Waals surface area contributed by atoms with Gasteiger partial charge in [0.05, 0.1) is 5.56 Å². The molecule has 0 saturated heterocycles. The summed E-state index contributed by atoms with van der Waals surface area (Å²) in [5.74, 6) is 1.71. The Morgan fingerprint density at radius 3 is 2.21 bits per heavy atom. The molecule has 0 aliphatic heterocycles. The van der Waals surface area contributed by atoms with Crippen molar-refractivity contribution in [3.63, 3.8) is 0 Å². The number of pyridine rings is 1. The van der Waals surface area contributed by atoms with Crippen LogP contribution in [-0.4, -0.2) is 25.0 Å². The number of nitrogens with zero attached hydrogens (tertiary/aromatic N) is 4. The molecule has 0 fully saturated rings. The SMILES string of the molecule is Cc1cc(C)c(O)c(-c2nc(-c3ccccc3)nc(-c3cccc(Sc4nccc5ccccc45)c3)n2)c1. The van der Waals surface area contributed by atoms with Crippen LogP contribution in [0.4, 0.5) is 0 Å². The summed E-state index contributed by atoms with van der Waals surface area (Å²) in [6, 6.07) is 32.1. The molecule has 0 aliphatic carbocycles. The second-order valence-electron chi connectivity index (χ2n) is 9.12. The molecular formula is C32H24N4OS. The molecule has 0 aliphatic rings. The molecule has 0 unspecified atom stereocenters. The minimum atomic E-state index is 0.179. The van der Waals surface area contributed by atoms with Gasteiger partial charge in [0.2, 0.25) is 0 Å². The zero-order valence-corrected chi connectivity index (χ0v) is 21.8. The molecule has 6 rings (SSSR count). The molecule has 0 spiro atoms. The van der Waals surface area contributed by atoms with Crippen molar-refractivity contribution >= 4 is 22.5 Å². The average molecular weight is 513 g/mol. The van der Waals surface area contributed by atoms with E-state index >= 15 is 0 Å². The standard InChI is InChI=1S/C32H24N4OS/c1-20-17-21(2)28(37)27(18-20)31-35-29(23-10-4-3-5-11-23)34-30(36-31)24-12-8-13-25(19-24)38-32-26-14-7-6-9-22(26)15-16-33-32/h3-19,37H,1-2H3. The number of aryl methyl sites for hydroxylation is 2. The molecule has 2 heterocycles. The van der Waals surface area contributed by atoms with Crippen LogP contribution in [0, 0.1) is 13.8 Å². The summed E-state index contributed by atoms with van der Waals surface area (Å²) in [6.45, 7) is 3.88. The van der Waals surface area contributed by atoms with E-state index in [1.807, 2.05) is 92.8 Å². The first kappa shape index (κ1) is 23.8. The van der Waals surface area contributed by atoms with Gasteiger partial charge in [0.25, 0.3) is 0 Å². The fourth-order valence-corrected chi connectivity index (χ4v) is 5.42. The summed E-state index contributed by atoms with van der Waals surface area (Å²) >= 11 is 1.61. The van der Waals surface area contributed by atoms with Gasteiger partial charge in [0, 0.05) is 27.6 Å². The molecule has 5 nitrogen and oxygen atoms in total. The van der Waals surface area contributed by atoms with Gasteiger partial charge in [0.15, 0.2) is 17.5 Å². The molecule has 184 valence electrons. The van der Waals surface area contributed by atoms with Gasteiger partial charge in [-0.2, -0.15) is 0 Å². The van der Waals surface area contributed by atoms with Crippen LogP contribution in [-0.2, 0) is 0 Å². The zero-order valence-electron chi connectivity index (χ0n) is 21.0. The molecule has 2 aromatic heterocycles. The molecule has 0 saturated carbocycles. The van der Waals surface area contributed by atoms with E-state index in [1.54, 1.807) is 11.8 Å². The highest BCUT2D eigenvalue weighted by molar-refractivity contribution is 7.99. The van der Waals surface area contributed by atoms with E-state index < -0.39 is 0 Å². The normalized spacial score (nSPS) is 11.1. The van der Waals surface area contributed by atoms with Gasteiger partial charge in [-0.05, 0) is 54.6 Å². The fraction of sp³-hybridized carbons (Fsp3) is 0.0625. The summed E-state index contributed by atoms with van der Waals surface area (Å²) in [5, 5.41) is 14.1. The number of aromatic hydroxyl groups is 1. The van der Waals surface area contributed by atoms with Gasteiger partial charge in [-0.1, -0.05) is 84.6 Å². The Morgan fingerprint density at radius 2 is 1.37 bits per heavy atom. The van der Waals surface area contributed by atoms with Crippen molar-refractivity contribution in [2.75, 3.05) is 0 Å². The summed E-state index contributed by atoms with van der Waals surface area (Å²) in [4.78, 5) is 20.1. The smallest absolute Gasteiger partial charge is 0.167 e. The van der Waals surface area contributed by atoms with Crippen molar-refractivity contribution in [1.82, 2.24) is 19.9 Å². The van der Waals surface area contributed by atoms with Gasteiger partial charge in [-0.15, -0.1) is 0 Å². The highest BCUT2D eigenvalue weighted by atomic mass is 32.2. The van der Waals surface area contributed by atoms with Crippen LogP contribution < -0.4 is 0 Å². The first-order valence-electron chi connectivity index (χ1n) is 12.3. The highest BCUT2D eigenvalue weighted by Gasteiger charge is 2.17. The lowest BCUT2D eigenvalue weighted by Gasteiger charge is -2.12. The molecule has 6 heteroatoms. The Labute approximate surface area is 225 Å². The molecule has 0 amide bonds. The van der Waals surface area contributed by atoms with E-state index in [2.05, 4.69) is 29.2 Å². The molecular weight excluding hydrogens is 488 g/mol. The minimum Gasteiger partial charge on any atom is -0.507 e. The summed E-state index contributed by atoms with van der Waals surface area (Å²) < 4.78 is 0. The Bertz CT molecular complexity index is 1780. The number of fused-ring (bicyclic) bond motifs is 1. The minimum absolute atomic E-state index is 0.179. The predicted octanol–water partition coefficient (Wildman–Crippen LogP) is 7.89. The van der Waals surface area contributed by atoms with Crippen molar-refractivity contribution in [1.29, 1.82) is 0 Å². The summed E-state index contributed by atoms with van der Waals surface area (Å²) in [5.41, 5.74) is 4.14. The van der Waals surface area contributed by atoms with Crippen molar-refractivity contribution in [3.8, 4) is 39.9 Å². The van der Waals surface area contributed by atoms with E-state index in [0.29, 0.717) is 23.0 Å². The quantitative estimate of drug-likeness (QED) is 0.253. The molecule has 1 N–H and O–H groups in total. The van der Waals surface area contributed by atoms with Gasteiger partial charge >= 0.3 is 0 Å². The first-order chi connectivity index (χ1) is 18.5.